The summed E-state index contributed by atoms with van der Waals surface area (Å²) >= 11 is 0. The molecular weight excluding hydrogens is 264 g/mol. The SMILES string of the molecule is CC[C@@]12CC(=O)CC[C@H]1CCc1ccc(OC)c(OC)c12. The van der Waals surface area contributed by atoms with Crippen LogP contribution in [0.3, 0.4) is 0 Å². The van der Waals surface area contributed by atoms with E-state index in [2.05, 4.69) is 13.0 Å². The second-order valence-corrected chi connectivity index (χ2v) is 6.33. The van der Waals surface area contributed by atoms with Gasteiger partial charge in [0, 0.05) is 23.8 Å². The Hall–Kier alpha value is -1.51. The van der Waals surface area contributed by atoms with Gasteiger partial charge in [-0.15, -0.1) is 0 Å². The molecule has 0 radical (unpaired) electrons. The number of hydrogen-bond donors (Lipinski definition) is 0. The number of carbonyl (C=O) groups is 1. The number of methoxy groups -OCH3 is 2. The van der Waals surface area contributed by atoms with Gasteiger partial charge in [0.2, 0.25) is 0 Å². The lowest BCUT2D eigenvalue weighted by Crippen LogP contribution is -2.44. The summed E-state index contributed by atoms with van der Waals surface area (Å²) in [6.45, 7) is 2.21. The third kappa shape index (κ3) is 2.05. The maximum absolute atomic E-state index is 12.2. The van der Waals surface area contributed by atoms with Crippen LogP contribution >= 0.6 is 0 Å². The molecule has 21 heavy (non-hydrogen) atoms. The number of carbonyl (C=O) groups excluding carboxylic acids is 1. The van der Waals surface area contributed by atoms with Crippen LogP contribution in [-0.2, 0) is 16.6 Å². The zero-order chi connectivity index (χ0) is 15.0. The van der Waals surface area contributed by atoms with Gasteiger partial charge in [0.15, 0.2) is 11.5 Å². The van der Waals surface area contributed by atoms with Crippen molar-refractivity contribution >= 4 is 5.78 Å². The van der Waals surface area contributed by atoms with Crippen LogP contribution in [-0.4, -0.2) is 20.0 Å². The summed E-state index contributed by atoms with van der Waals surface area (Å²) in [4.78, 5) is 12.2. The van der Waals surface area contributed by atoms with E-state index in [1.54, 1.807) is 14.2 Å². The van der Waals surface area contributed by atoms with Crippen LogP contribution in [0.2, 0.25) is 0 Å². The van der Waals surface area contributed by atoms with E-state index in [1.807, 2.05) is 6.07 Å². The third-order valence-corrected chi connectivity index (χ3v) is 5.59. The Bertz CT molecular complexity index is 564. The first-order chi connectivity index (χ1) is 10.2. The number of Topliss-reactive ketones (excluding diaryl/α,β-unsaturated/α-hetero) is 1. The smallest absolute Gasteiger partial charge is 0.164 e. The van der Waals surface area contributed by atoms with Gasteiger partial charge >= 0.3 is 0 Å². The molecule has 3 heteroatoms. The molecule has 2 aliphatic rings. The maximum atomic E-state index is 12.2. The van der Waals surface area contributed by atoms with E-state index in [0.717, 1.165) is 37.2 Å². The molecule has 0 aliphatic heterocycles. The third-order valence-electron chi connectivity index (χ3n) is 5.59. The lowest BCUT2D eigenvalue weighted by molar-refractivity contribution is -0.124. The molecule has 2 atom stereocenters. The summed E-state index contributed by atoms with van der Waals surface area (Å²) < 4.78 is 11.2. The number of hydrogen-bond acceptors (Lipinski definition) is 3. The Balaban J connectivity index is 2.23. The number of aryl methyl sites for hydroxylation is 1. The van der Waals surface area contributed by atoms with E-state index >= 15 is 0 Å². The molecule has 1 fully saturated rings. The molecule has 0 heterocycles. The molecule has 0 spiro atoms. The first kappa shape index (κ1) is 14.4. The zero-order valence-electron chi connectivity index (χ0n) is 13.2. The monoisotopic (exact) mass is 288 g/mol. The minimum absolute atomic E-state index is 0.0528. The van der Waals surface area contributed by atoms with Crippen molar-refractivity contribution in [3.8, 4) is 11.5 Å². The largest absolute Gasteiger partial charge is 0.493 e. The van der Waals surface area contributed by atoms with Crippen LogP contribution in [0.4, 0.5) is 0 Å². The van der Waals surface area contributed by atoms with Crippen molar-refractivity contribution in [3.63, 3.8) is 0 Å². The van der Waals surface area contributed by atoms with Gasteiger partial charge in [-0.3, -0.25) is 4.79 Å². The van der Waals surface area contributed by atoms with E-state index in [4.69, 9.17) is 9.47 Å². The Labute approximate surface area is 126 Å². The molecule has 114 valence electrons. The van der Waals surface area contributed by atoms with Crippen LogP contribution < -0.4 is 9.47 Å². The molecule has 3 nitrogen and oxygen atoms in total. The summed E-state index contributed by atoms with van der Waals surface area (Å²) in [5, 5.41) is 0. The van der Waals surface area contributed by atoms with E-state index in [9.17, 15) is 4.79 Å². The van der Waals surface area contributed by atoms with Crippen molar-refractivity contribution in [3.05, 3.63) is 23.3 Å². The fourth-order valence-electron chi connectivity index (χ4n) is 4.55. The van der Waals surface area contributed by atoms with E-state index in [0.29, 0.717) is 18.1 Å². The highest BCUT2D eigenvalue weighted by Gasteiger charge is 2.48. The second-order valence-electron chi connectivity index (χ2n) is 6.33. The van der Waals surface area contributed by atoms with E-state index in [1.165, 1.54) is 17.5 Å². The highest BCUT2D eigenvalue weighted by atomic mass is 16.5. The molecule has 3 rings (SSSR count). The first-order valence-electron chi connectivity index (χ1n) is 7.92. The van der Waals surface area contributed by atoms with Crippen molar-refractivity contribution in [1.29, 1.82) is 0 Å². The predicted octanol–water partition coefficient (Wildman–Crippen LogP) is 3.67. The number of ketones is 1. The minimum Gasteiger partial charge on any atom is -0.493 e. The van der Waals surface area contributed by atoms with Gasteiger partial charge in [-0.25, -0.2) is 0 Å². The van der Waals surface area contributed by atoms with Crippen LogP contribution in [0.15, 0.2) is 12.1 Å². The summed E-state index contributed by atoms with van der Waals surface area (Å²) in [5.41, 5.74) is 2.53. The maximum Gasteiger partial charge on any atom is 0.164 e. The van der Waals surface area contributed by atoms with Gasteiger partial charge in [0.05, 0.1) is 14.2 Å². The average molecular weight is 288 g/mol. The fraction of sp³-hybridized carbons (Fsp3) is 0.611. The first-order valence-corrected chi connectivity index (χ1v) is 7.92. The summed E-state index contributed by atoms with van der Waals surface area (Å²) in [6, 6.07) is 4.15. The molecule has 0 amide bonds. The summed E-state index contributed by atoms with van der Waals surface area (Å²) in [5.74, 6) is 2.61. The van der Waals surface area contributed by atoms with Crippen molar-refractivity contribution in [2.75, 3.05) is 14.2 Å². The average Bonchev–Trinajstić information content (AvgIpc) is 2.52. The predicted molar refractivity (Wildman–Crippen MR) is 82.2 cm³/mol. The highest BCUT2D eigenvalue weighted by molar-refractivity contribution is 5.82. The molecule has 0 unspecified atom stereocenters. The molecule has 1 aromatic rings. The van der Waals surface area contributed by atoms with Gasteiger partial charge in [0.1, 0.15) is 5.78 Å². The second kappa shape index (κ2) is 5.36. The number of rotatable bonds is 3. The molecule has 1 aromatic carbocycles. The Morgan fingerprint density at radius 3 is 2.62 bits per heavy atom. The van der Waals surface area contributed by atoms with Gasteiger partial charge in [0.25, 0.3) is 0 Å². The molecule has 0 N–H and O–H groups in total. The molecule has 1 saturated carbocycles. The van der Waals surface area contributed by atoms with E-state index in [-0.39, 0.29) is 5.41 Å². The fourth-order valence-corrected chi connectivity index (χ4v) is 4.55. The lowest BCUT2D eigenvalue weighted by atomic mass is 9.55. The molecule has 0 saturated heterocycles. The topological polar surface area (TPSA) is 35.5 Å². The summed E-state index contributed by atoms with van der Waals surface area (Å²) in [6.07, 6.45) is 5.67. The van der Waals surface area contributed by atoms with Gasteiger partial charge in [-0.1, -0.05) is 13.0 Å². The Morgan fingerprint density at radius 1 is 1.19 bits per heavy atom. The van der Waals surface area contributed by atoms with Crippen molar-refractivity contribution in [2.24, 2.45) is 5.92 Å². The van der Waals surface area contributed by atoms with Crippen molar-refractivity contribution in [2.45, 2.75) is 50.9 Å². The molecule has 2 aliphatic carbocycles. The molecule has 0 aromatic heterocycles. The number of fused-ring (bicyclic) bond motifs is 3. The van der Waals surface area contributed by atoms with Crippen LogP contribution in [0, 0.1) is 5.92 Å². The Morgan fingerprint density at radius 2 is 1.95 bits per heavy atom. The summed E-state index contributed by atoms with van der Waals surface area (Å²) in [7, 11) is 3.38. The van der Waals surface area contributed by atoms with Crippen LogP contribution in [0.5, 0.6) is 11.5 Å². The Kier molecular flexibility index (Phi) is 3.68. The zero-order valence-corrected chi connectivity index (χ0v) is 13.2. The minimum atomic E-state index is -0.0528. The normalized spacial score (nSPS) is 27.8. The van der Waals surface area contributed by atoms with Crippen molar-refractivity contribution in [1.82, 2.24) is 0 Å². The van der Waals surface area contributed by atoms with Gasteiger partial charge < -0.3 is 9.47 Å². The highest BCUT2D eigenvalue weighted by Crippen LogP contribution is 2.55. The number of ether oxygens (including phenoxy) is 2. The molecular formula is C18H24O3. The van der Waals surface area contributed by atoms with Crippen LogP contribution in [0.25, 0.3) is 0 Å². The standard InChI is InChI=1S/C18H24O3/c1-4-18-11-14(19)9-8-13(18)7-5-12-6-10-15(20-2)17(21-3)16(12)18/h6,10,13H,4-5,7-9,11H2,1-3H3/t13-,18-/m1/s1. The van der Waals surface area contributed by atoms with Crippen molar-refractivity contribution < 1.29 is 14.3 Å². The molecule has 0 bridgehead atoms. The lowest BCUT2D eigenvalue weighted by Gasteiger charge is -2.48. The van der Waals surface area contributed by atoms with E-state index < -0.39 is 0 Å². The van der Waals surface area contributed by atoms with Gasteiger partial charge in [-0.2, -0.15) is 0 Å². The quantitative estimate of drug-likeness (QED) is 0.851. The number of benzene rings is 1. The van der Waals surface area contributed by atoms with Gasteiger partial charge in [-0.05, 0) is 43.2 Å². The van der Waals surface area contributed by atoms with Crippen LogP contribution in [0.1, 0.15) is 50.2 Å².